The summed E-state index contributed by atoms with van der Waals surface area (Å²) in [5.41, 5.74) is 0.635. The maximum absolute atomic E-state index is 12.7. The number of aryl methyl sites for hydroxylation is 1. The number of rotatable bonds is 2. The van der Waals surface area contributed by atoms with Crippen LogP contribution in [0.2, 0.25) is 0 Å². The fourth-order valence-electron chi connectivity index (χ4n) is 2.09. The Morgan fingerprint density at radius 3 is 3.07 bits per heavy atom. The van der Waals surface area contributed by atoms with Crippen LogP contribution in [0.5, 0.6) is 0 Å². The number of amides is 1. The van der Waals surface area contributed by atoms with Gasteiger partial charge in [-0.05, 0) is 25.0 Å². The van der Waals surface area contributed by atoms with Crippen LogP contribution >= 0.6 is 0 Å². The van der Waals surface area contributed by atoms with Gasteiger partial charge in [0.15, 0.2) is 0 Å². The number of hydrogen-bond donors (Lipinski definition) is 0. The van der Waals surface area contributed by atoms with Crippen molar-refractivity contribution in [1.29, 1.82) is 0 Å². The molecule has 2 rings (SSSR count). The molecular formula is C11H15FN2O. The molecule has 1 aliphatic rings. The second-order valence-electron chi connectivity index (χ2n) is 3.95. The van der Waals surface area contributed by atoms with Gasteiger partial charge in [-0.15, -0.1) is 0 Å². The Kier molecular flexibility index (Phi) is 2.75. The largest absolute Gasteiger partial charge is 0.347 e. The Morgan fingerprint density at radius 1 is 1.67 bits per heavy atom. The minimum absolute atomic E-state index is 0.0531. The number of aromatic nitrogens is 1. The maximum atomic E-state index is 12.7. The monoisotopic (exact) mass is 210 g/mol. The molecule has 0 aliphatic carbocycles. The Bertz CT molecular complexity index is 361. The molecule has 0 bridgehead atoms. The van der Waals surface area contributed by atoms with Crippen LogP contribution in [0, 0.1) is 0 Å². The maximum Gasteiger partial charge on any atom is 0.270 e. The average Bonchev–Trinajstić information content (AvgIpc) is 2.84. The van der Waals surface area contributed by atoms with E-state index in [9.17, 15) is 9.18 Å². The predicted molar refractivity (Wildman–Crippen MR) is 55.4 cm³/mol. The van der Waals surface area contributed by atoms with E-state index < -0.39 is 6.67 Å². The van der Waals surface area contributed by atoms with Gasteiger partial charge >= 0.3 is 0 Å². The van der Waals surface area contributed by atoms with Crippen LogP contribution in [-0.2, 0) is 7.05 Å². The lowest BCUT2D eigenvalue weighted by atomic mass is 10.2. The summed E-state index contributed by atoms with van der Waals surface area (Å²) in [6, 6.07) is 3.39. The van der Waals surface area contributed by atoms with Crippen LogP contribution in [0.3, 0.4) is 0 Å². The van der Waals surface area contributed by atoms with E-state index >= 15 is 0 Å². The van der Waals surface area contributed by atoms with Crippen LogP contribution < -0.4 is 0 Å². The molecule has 1 aliphatic heterocycles. The van der Waals surface area contributed by atoms with Crippen LogP contribution in [0.4, 0.5) is 4.39 Å². The van der Waals surface area contributed by atoms with E-state index in [1.165, 1.54) is 0 Å². The zero-order valence-corrected chi connectivity index (χ0v) is 8.82. The molecule has 4 heteroatoms. The highest BCUT2D eigenvalue weighted by Crippen LogP contribution is 2.20. The Morgan fingerprint density at radius 2 is 2.47 bits per heavy atom. The van der Waals surface area contributed by atoms with Gasteiger partial charge in [-0.1, -0.05) is 0 Å². The Balaban J connectivity index is 2.18. The summed E-state index contributed by atoms with van der Waals surface area (Å²) in [5.74, 6) is -0.0531. The van der Waals surface area contributed by atoms with Gasteiger partial charge in [-0.25, -0.2) is 4.39 Å². The van der Waals surface area contributed by atoms with Crippen LogP contribution in [0.1, 0.15) is 23.3 Å². The van der Waals surface area contributed by atoms with Gasteiger partial charge in [0.1, 0.15) is 12.4 Å². The zero-order chi connectivity index (χ0) is 10.8. The number of nitrogens with zero attached hydrogens (tertiary/aromatic N) is 2. The number of halogens is 1. The second kappa shape index (κ2) is 4.04. The number of alkyl halides is 1. The summed E-state index contributed by atoms with van der Waals surface area (Å²) in [6.45, 7) is 0.245. The molecule has 15 heavy (non-hydrogen) atoms. The highest BCUT2D eigenvalue weighted by molar-refractivity contribution is 5.93. The summed E-state index contributed by atoms with van der Waals surface area (Å²) in [4.78, 5) is 13.7. The number of carbonyl (C=O) groups excluding carboxylic acids is 1. The Hall–Kier alpha value is -1.32. The third kappa shape index (κ3) is 1.76. The second-order valence-corrected chi connectivity index (χ2v) is 3.95. The molecule has 1 saturated heterocycles. The first kappa shape index (κ1) is 10.2. The van der Waals surface area contributed by atoms with Gasteiger partial charge in [-0.2, -0.15) is 0 Å². The molecule has 82 valence electrons. The summed E-state index contributed by atoms with van der Waals surface area (Å²) in [7, 11) is 1.83. The van der Waals surface area contributed by atoms with Gasteiger partial charge < -0.3 is 9.47 Å². The van der Waals surface area contributed by atoms with Crippen molar-refractivity contribution in [2.75, 3.05) is 13.2 Å². The molecule has 0 spiro atoms. The lowest BCUT2D eigenvalue weighted by Crippen LogP contribution is -2.37. The smallest absolute Gasteiger partial charge is 0.270 e. The third-order valence-corrected chi connectivity index (χ3v) is 2.98. The van der Waals surface area contributed by atoms with Crippen molar-refractivity contribution < 1.29 is 9.18 Å². The summed E-state index contributed by atoms with van der Waals surface area (Å²) in [6.07, 6.45) is 3.52. The third-order valence-electron chi connectivity index (χ3n) is 2.98. The molecule has 2 heterocycles. The highest BCUT2D eigenvalue weighted by Gasteiger charge is 2.30. The molecule has 1 amide bonds. The molecule has 1 atom stereocenters. The van der Waals surface area contributed by atoms with Crippen LogP contribution in [-0.4, -0.2) is 34.6 Å². The standard InChI is InChI=1S/C11H15FN2O/c1-13-6-3-5-10(13)11(15)14-7-2-4-9(14)8-12/h3,5-6,9H,2,4,7-8H2,1H3. The van der Waals surface area contributed by atoms with Crippen molar-refractivity contribution >= 4 is 5.91 Å². The molecule has 1 fully saturated rings. The first-order chi connectivity index (χ1) is 7.24. The first-order valence-corrected chi connectivity index (χ1v) is 5.22. The fraction of sp³-hybridized carbons (Fsp3) is 0.545. The molecule has 1 aromatic rings. The van der Waals surface area contributed by atoms with Crippen molar-refractivity contribution in [3.63, 3.8) is 0 Å². The number of hydrogen-bond acceptors (Lipinski definition) is 1. The fourth-order valence-corrected chi connectivity index (χ4v) is 2.09. The van der Waals surface area contributed by atoms with Gasteiger partial charge in [0.2, 0.25) is 0 Å². The number of likely N-dealkylation sites (tertiary alicyclic amines) is 1. The van der Waals surface area contributed by atoms with E-state index in [4.69, 9.17) is 0 Å². The van der Waals surface area contributed by atoms with E-state index in [1.807, 2.05) is 19.3 Å². The predicted octanol–water partition coefficient (Wildman–Crippen LogP) is 1.60. The van der Waals surface area contributed by atoms with Crippen LogP contribution in [0.25, 0.3) is 0 Å². The summed E-state index contributed by atoms with van der Waals surface area (Å²) < 4.78 is 14.4. The molecule has 3 nitrogen and oxygen atoms in total. The van der Waals surface area contributed by atoms with Gasteiger partial charge in [0.05, 0.1) is 6.04 Å². The molecule has 0 saturated carbocycles. The average molecular weight is 210 g/mol. The van der Waals surface area contributed by atoms with Crippen molar-refractivity contribution in [2.24, 2.45) is 7.05 Å². The van der Waals surface area contributed by atoms with Crippen molar-refractivity contribution in [1.82, 2.24) is 9.47 Å². The Labute approximate surface area is 88.5 Å². The zero-order valence-electron chi connectivity index (χ0n) is 8.82. The lowest BCUT2D eigenvalue weighted by Gasteiger charge is -2.22. The van der Waals surface area contributed by atoms with E-state index in [1.54, 1.807) is 15.5 Å². The lowest BCUT2D eigenvalue weighted by molar-refractivity contribution is 0.0706. The quantitative estimate of drug-likeness (QED) is 0.727. The van der Waals surface area contributed by atoms with Gasteiger partial charge in [0.25, 0.3) is 5.91 Å². The van der Waals surface area contributed by atoms with Crippen LogP contribution in [0.15, 0.2) is 18.3 Å². The van der Waals surface area contributed by atoms with E-state index in [-0.39, 0.29) is 11.9 Å². The van der Waals surface area contributed by atoms with Gasteiger partial charge in [-0.3, -0.25) is 4.79 Å². The first-order valence-electron chi connectivity index (χ1n) is 5.22. The molecule has 0 radical (unpaired) electrons. The van der Waals surface area contributed by atoms with E-state index in [2.05, 4.69) is 0 Å². The summed E-state index contributed by atoms with van der Waals surface area (Å²) >= 11 is 0. The minimum atomic E-state index is -0.434. The SMILES string of the molecule is Cn1cccc1C(=O)N1CCCC1CF. The van der Waals surface area contributed by atoms with E-state index in [0.717, 1.165) is 12.8 Å². The number of carbonyl (C=O) groups is 1. The summed E-state index contributed by atoms with van der Waals surface area (Å²) in [5, 5.41) is 0. The minimum Gasteiger partial charge on any atom is -0.347 e. The highest BCUT2D eigenvalue weighted by atomic mass is 19.1. The molecule has 1 unspecified atom stereocenters. The van der Waals surface area contributed by atoms with Crippen molar-refractivity contribution in [3.8, 4) is 0 Å². The topological polar surface area (TPSA) is 25.2 Å². The van der Waals surface area contributed by atoms with Crippen molar-refractivity contribution in [3.05, 3.63) is 24.0 Å². The normalized spacial score (nSPS) is 20.9. The molecule has 0 aromatic carbocycles. The van der Waals surface area contributed by atoms with Gasteiger partial charge in [0, 0.05) is 19.8 Å². The molecular weight excluding hydrogens is 195 g/mol. The molecule has 1 aromatic heterocycles. The van der Waals surface area contributed by atoms with Crippen molar-refractivity contribution in [2.45, 2.75) is 18.9 Å². The molecule has 0 N–H and O–H groups in total. The van der Waals surface area contributed by atoms with E-state index in [0.29, 0.717) is 12.2 Å².